The zero-order valence-electron chi connectivity index (χ0n) is 27.2. The Morgan fingerprint density at radius 3 is 2.24 bits per heavy atom. The lowest BCUT2D eigenvalue weighted by molar-refractivity contribution is -0.0483. The third-order valence-electron chi connectivity index (χ3n) is 7.14. The maximum absolute atomic E-state index is 13.2. The molecule has 1 aliphatic rings. The van der Waals surface area contributed by atoms with E-state index in [2.05, 4.69) is 59.1 Å². The Hall–Kier alpha value is -2.91. The number of amides is 1. The van der Waals surface area contributed by atoms with Crippen molar-refractivity contribution in [2.75, 3.05) is 39.1 Å². The number of nitrogens with zero attached hydrogens (tertiary/aromatic N) is 5. The number of nitrogens with two attached hydrogens (primary N) is 1. The number of hydrogen-bond donors (Lipinski definition) is 8. The quantitative estimate of drug-likeness (QED) is 0.0984. The van der Waals surface area contributed by atoms with Crippen molar-refractivity contribution in [2.45, 2.75) is 51.9 Å². The summed E-state index contributed by atoms with van der Waals surface area (Å²) in [5, 5.41) is 23.2. The van der Waals surface area contributed by atoms with Crippen LogP contribution in [0.15, 0.2) is 30.9 Å². The Labute approximate surface area is 285 Å². The van der Waals surface area contributed by atoms with Crippen LogP contribution in [0.4, 0.5) is 5.82 Å². The number of fused-ring (bicyclic) bond motifs is 1. The number of ether oxygens (including phenoxy) is 2. The third-order valence-corrected chi connectivity index (χ3v) is 10.9. The number of phosphoric ester groups is 1. The highest BCUT2D eigenvalue weighted by Gasteiger charge is 2.48. The van der Waals surface area contributed by atoms with Gasteiger partial charge in [0, 0.05) is 5.56 Å². The maximum atomic E-state index is 13.2. The number of carbonyl (C=O) groups excluding carboxylic acids is 1. The first-order chi connectivity index (χ1) is 23.4. The van der Waals surface area contributed by atoms with Crippen LogP contribution in [-0.2, 0) is 38.2 Å². The van der Waals surface area contributed by atoms with Crippen LogP contribution in [0.2, 0.25) is 0 Å². The van der Waals surface area contributed by atoms with E-state index in [1.54, 1.807) is 0 Å². The molecular formula is C25H40N7O15P3. The topological polar surface area (TPSA) is 321 Å². The third kappa shape index (κ3) is 11.3. The number of benzene rings is 1. The Morgan fingerprint density at radius 1 is 1.02 bits per heavy atom. The van der Waals surface area contributed by atoms with Gasteiger partial charge in [-0.05, 0) is 43.4 Å². The average Bonchev–Trinajstić information content (AvgIpc) is 3.60. The van der Waals surface area contributed by atoms with Gasteiger partial charge in [0.15, 0.2) is 17.7 Å². The number of aliphatic hydroxyl groups is 2. The van der Waals surface area contributed by atoms with Crippen molar-refractivity contribution in [2.24, 2.45) is 0 Å². The minimum Gasteiger partial charge on any atom is -0.497 e. The monoisotopic (exact) mass is 771 g/mol. The molecule has 0 aliphatic carbocycles. The van der Waals surface area contributed by atoms with E-state index in [1.165, 1.54) is 55.8 Å². The molecule has 50 heavy (non-hydrogen) atoms. The second kappa shape index (κ2) is 17.5. The van der Waals surface area contributed by atoms with E-state index in [-0.39, 0.29) is 28.3 Å². The molecule has 1 fully saturated rings. The Kier molecular flexibility index (Phi) is 14.6. The van der Waals surface area contributed by atoms with Crippen LogP contribution in [0.25, 0.3) is 11.2 Å². The molecule has 1 aliphatic heterocycles. The van der Waals surface area contributed by atoms with Gasteiger partial charge in [-0.25, -0.2) is 28.6 Å². The van der Waals surface area contributed by atoms with E-state index < -0.39 is 67.1 Å². The number of nitrogens with one attached hydrogen (secondary N) is 1. The molecule has 0 saturated carbocycles. The van der Waals surface area contributed by atoms with Crippen molar-refractivity contribution in [3.05, 3.63) is 42.0 Å². The first-order valence-corrected chi connectivity index (χ1v) is 19.3. The largest absolute Gasteiger partial charge is 0.497 e. The molecule has 0 spiro atoms. The molecule has 280 valence electrons. The van der Waals surface area contributed by atoms with Gasteiger partial charge in [-0.1, -0.05) is 20.8 Å². The molecule has 3 heterocycles. The van der Waals surface area contributed by atoms with Crippen LogP contribution in [0, 0.1) is 0 Å². The molecule has 0 radical (unpaired) electrons. The van der Waals surface area contributed by atoms with Crippen LogP contribution in [-0.4, -0.2) is 112 Å². The fourth-order valence-corrected chi connectivity index (χ4v) is 7.76. The summed E-state index contributed by atoms with van der Waals surface area (Å²) < 4.78 is 59.1. The van der Waals surface area contributed by atoms with Crippen molar-refractivity contribution in [1.82, 2.24) is 29.7 Å². The molecule has 1 amide bonds. The number of aliphatic hydroxyl groups excluding tert-OH is 2. The molecule has 25 heteroatoms. The summed E-state index contributed by atoms with van der Waals surface area (Å²) in [6.45, 7) is 8.68. The van der Waals surface area contributed by atoms with Gasteiger partial charge in [0.2, 0.25) is 0 Å². The predicted molar refractivity (Wildman–Crippen MR) is 173 cm³/mol. The molecular weight excluding hydrogens is 731 g/mol. The lowest BCUT2D eigenvalue weighted by atomic mass is 10.1. The summed E-state index contributed by atoms with van der Waals surface area (Å²) in [6.07, 6.45) is -2.19. The number of hydrogen-bond acceptors (Lipinski definition) is 16. The summed E-state index contributed by atoms with van der Waals surface area (Å²) in [5.41, 5.74) is 6.36. The number of imidazole rings is 1. The summed E-state index contributed by atoms with van der Waals surface area (Å²) >= 11 is 0. The first-order valence-electron chi connectivity index (χ1n) is 14.7. The second-order valence-corrected chi connectivity index (χ2v) is 14.8. The number of aromatic nitrogens is 4. The Balaban J connectivity index is 0.000000872. The van der Waals surface area contributed by atoms with Crippen molar-refractivity contribution >= 4 is 46.4 Å². The van der Waals surface area contributed by atoms with Crippen LogP contribution < -0.4 is 15.8 Å². The summed E-state index contributed by atoms with van der Waals surface area (Å²) in [7, 11) is -15.7. The molecule has 1 saturated heterocycles. The number of carbonyl (C=O) groups is 1. The van der Waals surface area contributed by atoms with Gasteiger partial charge in [-0.2, -0.15) is 8.62 Å². The van der Waals surface area contributed by atoms with Crippen LogP contribution in [0.5, 0.6) is 5.75 Å². The fourth-order valence-electron chi connectivity index (χ4n) is 4.73. The Morgan fingerprint density at radius 2 is 1.68 bits per heavy atom. The minimum atomic E-state index is -5.82. The average molecular weight is 772 g/mol. The maximum Gasteiger partial charge on any atom is 0.490 e. The molecule has 22 nitrogen and oxygen atoms in total. The van der Waals surface area contributed by atoms with Gasteiger partial charge in [-0.15, -0.1) is 0 Å². The molecule has 3 unspecified atom stereocenters. The SMILES string of the molecule is CCN(CC)CC.COc1cc(CO)cc(C(=O)NC2[C@@H](COP(=O)(O)OP(=O)(O)OP(=O)(O)O)O[C@@H](n3cnc4c(N)ncnc43)[C@H]2O)c1. The Bertz CT molecular complexity index is 1730. The molecule has 6 atom stereocenters. The molecule has 3 aromatic rings. The standard InChI is InChI=1S/C19H25N6O15P3.C6H15N/c1-36-11-3-9(5-26)2-10(4-11)18(28)24-13-12(6-37-42(32,33)40-43(34,35)39-41(29,30)31)38-19(15(13)27)25-8-23-14-16(20)21-7-22-17(14)25;1-4-7(5-2)6-3/h2-4,7-8,12-13,15,19,26-27H,5-6H2,1H3,(H,24,28)(H,32,33)(H,34,35)(H2,20,21,22)(H2,29,30,31);4-6H2,1-3H3/t12-,13?,15+,19-;/m1./s1. The number of phosphoric acid groups is 3. The van der Waals surface area contributed by atoms with E-state index in [9.17, 15) is 38.5 Å². The minimum absolute atomic E-state index is 0.00279. The zero-order valence-corrected chi connectivity index (χ0v) is 29.9. The lowest BCUT2D eigenvalue weighted by Gasteiger charge is -2.23. The highest BCUT2D eigenvalue weighted by Crippen LogP contribution is 2.66. The van der Waals surface area contributed by atoms with Gasteiger partial charge in [0.1, 0.15) is 29.8 Å². The van der Waals surface area contributed by atoms with Crippen LogP contribution >= 0.6 is 23.5 Å². The van der Waals surface area contributed by atoms with Crippen molar-refractivity contribution in [3.63, 3.8) is 0 Å². The van der Waals surface area contributed by atoms with Gasteiger partial charge >= 0.3 is 23.5 Å². The van der Waals surface area contributed by atoms with Crippen molar-refractivity contribution in [3.8, 4) is 5.75 Å². The first kappa shape index (κ1) is 41.5. The molecule has 2 aromatic heterocycles. The number of methoxy groups -OCH3 is 1. The predicted octanol–water partition coefficient (Wildman–Crippen LogP) is 0.658. The number of nitrogen functional groups attached to an aromatic ring is 1. The second-order valence-electron chi connectivity index (χ2n) is 10.4. The van der Waals surface area contributed by atoms with E-state index in [1.807, 2.05) is 0 Å². The van der Waals surface area contributed by atoms with Gasteiger partial charge in [0.05, 0.1) is 32.7 Å². The number of anilines is 1. The zero-order chi connectivity index (χ0) is 37.4. The normalized spacial score (nSPS) is 21.7. The number of rotatable bonds is 15. The molecule has 0 bridgehead atoms. The van der Waals surface area contributed by atoms with E-state index in [0.29, 0.717) is 5.56 Å². The molecule has 4 rings (SSSR count). The van der Waals surface area contributed by atoms with Crippen LogP contribution in [0.1, 0.15) is 42.9 Å². The van der Waals surface area contributed by atoms with E-state index in [0.717, 1.165) is 6.33 Å². The van der Waals surface area contributed by atoms with Crippen molar-refractivity contribution in [1.29, 1.82) is 0 Å². The lowest BCUT2D eigenvalue weighted by Crippen LogP contribution is -2.48. The smallest absolute Gasteiger partial charge is 0.490 e. The van der Waals surface area contributed by atoms with E-state index >= 15 is 0 Å². The summed E-state index contributed by atoms with van der Waals surface area (Å²) in [4.78, 5) is 64.2. The highest BCUT2D eigenvalue weighted by molar-refractivity contribution is 7.66. The van der Waals surface area contributed by atoms with Crippen LogP contribution in [0.3, 0.4) is 0 Å². The highest BCUT2D eigenvalue weighted by atomic mass is 31.3. The van der Waals surface area contributed by atoms with Gasteiger partial charge < -0.3 is 55.2 Å². The van der Waals surface area contributed by atoms with Crippen molar-refractivity contribution < 1.29 is 70.9 Å². The molecule has 9 N–H and O–H groups in total. The molecule has 1 aromatic carbocycles. The fraction of sp³-hybridized carbons (Fsp3) is 0.520. The van der Waals surface area contributed by atoms with E-state index in [4.69, 9.17) is 25.0 Å². The van der Waals surface area contributed by atoms with Gasteiger partial charge in [-0.3, -0.25) is 13.9 Å². The van der Waals surface area contributed by atoms with Gasteiger partial charge in [0.25, 0.3) is 5.91 Å². The summed E-state index contributed by atoms with van der Waals surface area (Å²) in [5.74, 6) is -0.584. The summed E-state index contributed by atoms with van der Waals surface area (Å²) in [6, 6.07) is 2.72.